The van der Waals surface area contributed by atoms with E-state index in [1.54, 1.807) is 44.1 Å². The number of ether oxygens (including phenoxy) is 1. The molecule has 0 N–H and O–H groups in total. The second kappa shape index (κ2) is 11.0. The third-order valence-corrected chi connectivity index (χ3v) is 9.31. The average Bonchev–Trinajstić information content (AvgIpc) is 3.64. The molecular weight excluding hydrogens is 525 g/mol. The summed E-state index contributed by atoms with van der Waals surface area (Å²) in [7, 11) is -2.29. The molecule has 0 spiro atoms. The van der Waals surface area contributed by atoms with Crippen LogP contribution in [0.4, 0.5) is 4.39 Å². The molecule has 1 aliphatic heterocycles. The highest BCUT2D eigenvalue weighted by Gasteiger charge is 2.40. The van der Waals surface area contributed by atoms with Gasteiger partial charge < -0.3 is 14.1 Å². The van der Waals surface area contributed by atoms with Gasteiger partial charge in [0.05, 0.1) is 18.6 Å². The molecule has 1 saturated carbocycles. The van der Waals surface area contributed by atoms with E-state index in [1.807, 2.05) is 0 Å². The number of carbonyl (C=O) groups excluding carboxylic acids is 1. The number of nitrogens with zero attached hydrogens (tertiary/aromatic N) is 5. The second-order valence-electron chi connectivity index (χ2n) is 10.1. The van der Waals surface area contributed by atoms with Crippen molar-refractivity contribution in [2.24, 2.45) is 0 Å². The van der Waals surface area contributed by atoms with Gasteiger partial charge in [-0.1, -0.05) is 6.07 Å². The summed E-state index contributed by atoms with van der Waals surface area (Å²) < 4.78 is 52.8. The molecular formula is C27H32FN5O5S. The zero-order chi connectivity index (χ0) is 27.7. The zero-order valence-electron chi connectivity index (χ0n) is 22.3. The summed E-state index contributed by atoms with van der Waals surface area (Å²) in [6, 6.07) is 6.34. The lowest BCUT2D eigenvalue weighted by molar-refractivity contribution is 0.0622. The fourth-order valence-electron chi connectivity index (χ4n) is 4.97. The Kier molecular flexibility index (Phi) is 7.70. The Balaban J connectivity index is 1.24. The molecule has 2 aromatic heterocycles. The van der Waals surface area contributed by atoms with Gasteiger partial charge >= 0.3 is 0 Å². The van der Waals surface area contributed by atoms with Gasteiger partial charge in [-0.15, -0.1) is 0 Å². The van der Waals surface area contributed by atoms with Crippen LogP contribution in [-0.2, 0) is 23.1 Å². The number of aromatic nitrogens is 2. The standard InChI is InChI=1S/C27H32FN5O5S/c1-18-12-22(37-3)13-19(2)26(18)39(35,36)33(21-5-6-21)16-25-30-23(17-38-25)27(34)32-10-8-31(9-11-32)15-20-4-7-24(28)29-14-20/h4,7,12-14,17,21H,5-6,8-11,15-16H2,1-3H3. The number of piperazine rings is 1. The maximum absolute atomic E-state index is 13.7. The minimum atomic E-state index is -3.84. The predicted molar refractivity (Wildman–Crippen MR) is 140 cm³/mol. The van der Waals surface area contributed by atoms with Gasteiger partial charge in [0.2, 0.25) is 21.9 Å². The summed E-state index contributed by atoms with van der Waals surface area (Å²) in [4.78, 5) is 25.3. The number of rotatable bonds is 9. The molecule has 10 nitrogen and oxygen atoms in total. The lowest BCUT2D eigenvalue weighted by Crippen LogP contribution is -2.48. The first-order valence-electron chi connectivity index (χ1n) is 12.9. The van der Waals surface area contributed by atoms with E-state index in [0.717, 1.165) is 18.4 Å². The van der Waals surface area contributed by atoms with Gasteiger partial charge in [-0.2, -0.15) is 8.70 Å². The number of methoxy groups -OCH3 is 1. The van der Waals surface area contributed by atoms with Crippen molar-refractivity contribution in [3.8, 4) is 5.75 Å². The van der Waals surface area contributed by atoms with Crippen molar-refractivity contribution in [1.29, 1.82) is 0 Å². The highest BCUT2D eigenvalue weighted by Crippen LogP contribution is 2.36. The molecule has 1 aliphatic carbocycles. The molecule has 1 amide bonds. The normalized spacial score (nSPS) is 16.6. The third kappa shape index (κ3) is 5.97. The van der Waals surface area contributed by atoms with Crippen LogP contribution in [0.15, 0.2) is 46.0 Å². The first kappa shape index (κ1) is 27.2. The van der Waals surface area contributed by atoms with Crippen molar-refractivity contribution >= 4 is 15.9 Å². The Bertz CT molecular complexity index is 1420. The smallest absolute Gasteiger partial charge is 0.275 e. The Morgan fingerprint density at radius 3 is 2.44 bits per heavy atom. The highest BCUT2D eigenvalue weighted by atomic mass is 32.2. The van der Waals surface area contributed by atoms with E-state index in [2.05, 4.69) is 14.9 Å². The van der Waals surface area contributed by atoms with Crippen molar-refractivity contribution in [1.82, 2.24) is 24.1 Å². The molecule has 0 radical (unpaired) electrons. The Labute approximate surface area is 227 Å². The van der Waals surface area contributed by atoms with Gasteiger partial charge in [0.1, 0.15) is 12.0 Å². The number of halogens is 1. The molecule has 2 fully saturated rings. The maximum Gasteiger partial charge on any atom is 0.275 e. The molecule has 1 aromatic carbocycles. The Hall–Kier alpha value is -3.35. The molecule has 1 saturated heterocycles. The molecule has 5 rings (SSSR count). The van der Waals surface area contributed by atoms with Gasteiger partial charge in [0, 0.05) is 45.0 Å². The van der Waals surface area contributed by atoms with E-state index < -0.39 is 16.0 Å². The van der Waals surface area contributed by atoms with Crippen molar-refractivity contribution < 1.29 is 26.8 Å². The molecule has 0 atom stereocenters. The fourth-order valence-corrected chi connectivity index (χ4v) is 7.02. The number of pyridine rings is 1. The fraction of sp³-hybridized carbons (Fsp3) is 0.444. The van der Waals surface area contributed by atoms with Crippen LogP contribution in [0.3, 0.4) is 0 Å². The molecule has 39 heavy (non-hydrogen) atoms. The molecule has 208 valence electrons. The summed E-state index contributed by atoms with van der Waals surface area (Å²) in [5, 5.41) is 0. The summed E-state index contributed by atoms with van der Waals surface area (Å²) in [6.45, 7) is 6.41. The maximum atomic E-state index is 13.7. The number of sulfonamides is 1. The van der Waals surface area contributed by atoms with Crippen LogP contribution in [0, 0.1) is 19.8 Å². The largest absolute Gasteiger partial charge is 0.497 e. The van der Waals surface area contributed by atoms with E-state index in [0.29, 0.717) is 49.6 Å². The molecule has 3 aromatic rings. The quantitative estimate of drug-likeness (QED) is 0.369. The van der Waals surface area contributed by atoms with Gasteiger partial charge in [-0.05, 0) is 61.6 Å². The van der Waals surface area contributed by atoms with Crippen LogP contribution in [0.5, 0.6) is 5.75 Å². The lowest BCUT2D eigenvalue weighted by atomic mass is 10.1. The first-order valence-corrected chi connectivity index (χ1v) is 14.3. The number of hydrogen-bond acceptors (Lipinski definition) is 8. The van der Waals surface area contributed by atoms with Crippen molar-refractivity contribution in [2.75, 3.05) is 33.3 Å². The van der Waals surface area contributed by atoms with Gasteiger partial charge in [0.25, 0.3) is 5.91 Å². The summed E-state index contributed by atoms with van der Waals surface area (Å²) in [5.41, 5.74) is 2.28. The Morgan fingerprint density at radius 2 is 1.85 bits per heavy atom. The number of amides is 1. The summed E-state index contributed by atoms with van der Waals surface area (Å²) >= 11 is 0. The van der Waals surface area contributed by atoms with Crippen molar-refractivity contribution in [3.63, 3.8) is 0 Å². The number of hydrogen-bond donors (Lipinski definition) is 0. The van der Waals surface area contributed by atoms with E-state index >= 15 is 0 Å². The van der Waals surface area contributed by atoms with Crippen LogP contribution in [-0.4, -0.2) is 77.7 Å². The molecule has 12 heteroatoms. The first-order chi connectivity index (χ1) is 18.7. The van der Waals surface area contributed by atoms with Gasteiger partial charge in [-0.25, -0.2) is 18.4 Å². The van der Waals surface area contributed by atoms with Crippen molar-refractivity contribution in [2.45, 2.75) is 50.7 Å². The second-order valence-corrected chi connectivity index (χ2v) is 11.9. The molecule has 3 heterocycles. The number of carbonyl (C=O) groups is 1. The van der Waals surface area contributed by atoms with E-state index in [1.165, 1.54) is 22.8 Å². The van der Waals surface area contributed by atoms with Crippen LogP contribution in [0.25, 0.3) is 0 Å². The monoisotopic (exact) mass is 557 g/mol. The number of aryl methyl sites for hydroxylation is 2. The minimum absolute atomic E-state index is 0.0509. The van der Waals surface area contributed by atoms with Crippen LogP contribution in [0.2, 0.25) is 0 Å². The molecule has 0 bridgehead atoms. The van der Waals surface area contributed by atoms with E-state index in [9.17, 15) is 17.6 Å². The molecule has 2 aliphatic rings. The predicted octanol–water partition coefficient (Wildman–Crippen LogP) is 3.15. The van der Waals surface area contributed by atoms with E-state index in [4.69, 9.17) is 9.15 Å². The molecule has 0 unspecified atom stereocenters. The number of oxazole rings is 1. The Morgan fingerprint density at radius 1 is 1.15 bits per heavy atom. The lowest BCUT2D eigenvalue weighted by Gasteiger charge is -2.34. The highest BCUT2D eigenvalue weighted by molar-refractivity contribution is 7.89. The van der Waals surface area contributed by atoms with Crippen molar-refractivity contribution in [3.05, 3.63) is 70.9 Å². The minimum Gasteiger partial charge on any atom is -0.497 e. The van der Waals surface area contributed by atoms with Gasteiger partial charge in [-0.3, -0.25) is 9.69 Å². The van der Waals surface area contributed by atoms with E-state index in [-0.39, 0.29) is 35.0 Å². The topological polar surface area (TPSA) is 109 Å². The third-order valence-electron chi connectivity index (χ3n) is 7.11. The SMILES string of the molecule is COc1cc(C)c(S(=O)(=O)N(Cc2nc(C(=O)N3CCN(Cc4ccc(F)nc4)CC3)co2)C2CC2)c(C)c1. The number of benzene rings is 1. The van der Waals surface area contributed by atoms with Gasteiger partial charge in [0.15, 0.2) is 5.69 Å². The van der Waals surface area contributed by atoms with Crippen LogP contribution < -0.4 is 4.74 Å². The van der Waals surface area contributed by atoms with Crippen LogP contribution >= 0.6 is 0 Å². The zero-order valence-corrected chi connectivity index (χ0v) is 23.1. The van der Waals surface area contributed by atoms with Crippen LogP contribution in [0.1, 0.15) is 45.9 Å². The summed E-state index contributed by atoms with van der Waals surface area (Å²) in [6.07, 6.45) is 4.35. The average molecular weight is 558 g/mol. The summed E-state index contributed by atoms with van der Waals surface area (Å²) in [5.74, 6) is 0.0203.